The van der Waals surface area contributed by atoms with E-state index >= 15 is 0 Å². The summed E-state index contributed by atoms with van der Waals surface area (Å²) in [5.74, 6) is 2.47. The Morgan fingerprint density at radius 3 is 2.53 bits per heavy atom. The largest absolute Gasteiger partial charge is 0.497 e. The number of nitrogens with zero attached hydrogens (tertiary/aromatic N) is 3. The molecule has 0 unspecified atom stereocenters. The molecule has 0 spiro atoms. The van der Waals surface area contributed by atoms with Crippen LogP contribution >= 0.6 is 11.8 Å². The number of nitrogen functional groups attached to an aromatic ring is 1. The molecule has 7 heteroatoms. The summed E-state index contributed by atoms with van der Waals surface area (Å²) in [4.78, 5) is 12.7. The fraction of sp³-hybridized carbons (Fsp3) is 0.360. The quantitative estimate of drug-likeness (QED) is 0.513. The molecule has 0 radical (unpaired) electrons. The average molecular weight is 451 g/mol. The summed E-state index contributed by atoms with van der Waals surface area (Å²) in [6.45, 7) is 6.84. The summed E-state index contributed by atoms with van der Waals surface area (Å²) in [5.41, 5.74) is 10.8. The molecule has 2 N–H and O–H groups in total. The molecule has 0 saturated heterocycles. The summed E-state index contributed by atoms with van der Waals surface area (Å²) in [6.07, 6.45) is 0.889. The number of aromatic nitrogens is 2. The lowest BCUT2D eigenvalue weighted by molar-refractivity contribution is 0.236. The zero-order valence-corrected chi connectivity index (χ0v) is 19.9. The van der Waals surface area contributed by atoms with E-state index in [1.54, 1.807) is 26.0 Å². The van der Waals surface area contributed by atoms with Gasteiger partial charge in [-0.2, -0.15) is 0 Å². The maximum Gasteiger partial charge on any atom is 0.221 e. The minimum atomic E-state index is 0.328. The van der Waals surface area contributed by atoms with Crippen LogP contribution in [-0.2, 0) is 19.5 Å². The highest BCUT2D eigenvalue weighted by molar-refractivity contribution is 7.99. The SMILES string of the molecule is COc1ccc(CN2CCc3c(nc(N)nc3Sc3ccc(C(C)C)cc3)C2)c(OC)c1. The first-order valence-electron chi connectivity index (χ1n) is 10.8. The number of hydrogen-bond donors (Lipinski definition) is 1. The summed E-state index contributed by atoms with van der Waals surface area (Å²) in [6, 6.07) is 14.7. The molecule has 2 aromatic carbocycles. The number of fused-ring (bicyclic) bond motifs is 1. The lowest BCUT2D eigenvalue weighted by Gasteiger charge is -2.29. The zero-order valence-electron chi connectivity index (χ0n) is 19.1. The molecule has 1 aliphatic heterocycles. The number of methoxy groups -OCH3 is 2. The number of hydrogen-bond acceptors (Lipinski definition) is 7. The van der Waals surface area contributed by atoms with Crippen molar-refractivity contribution in [3.8, 4) is 11.5 Å². The monoisotopic (exact) mass is 450 g/mol. The van der Waals surface area contributed by atoms with E-state index in [1.165, 1.54) is 16.0 Å². The van der Waals surface area contributed by atoms with Gasteiger partial charge in [-0.1, -0.05) is 43.8 Å². The second-order valence-electron chi connectivity index (χ2n) is 8.28. The van der Waals surface area contributed by atoms with Gasteiger partial charge in [0.15, 0.2) is 0 Å². The summed E-state index contributed by atoms with van der Waals surface area (Å²) >= 11 is 1.67. The van der Waals surface area contributed by atoms with Gasteiger partial charge in [-0.05, 0) is 36.1 Å². The molecule has 0 fully saturated rings. The van der Waals surface area contributed by atoms with Crippen molar-refractivity contribution >= 4 is 17.7 Å². The molecule has 0 atom stereocenters. The molecule has 2 heterocycles. The molecule has 0 aliphatic carbocycles. The molecule has 6 nitrogen and oxygen atoms in total. The minimum absolute atomic E-state index is 0.328. The third kappa shape index (κ3) is 5.00. The third-order valence-electron chi connectivity index (χ3n) is 5.77. The van der Waals surface area contributed by atoms with Crippen molar-refractivity contribution in [3.63, 3.8) is 0 Å². The minimum Gasteiger partial charge on any atom is -0.497 e. The summed E-state index contributed by atoms with van der Waals surface area (Å²) in [5, 5.41) is 0.964. The Morgan fingerprint density at radius 1 is 1.06 bits per heavy atom. The second kappa shape index (κ2) is 9.79. The summed E-state index contributed by atoms with van der Waals surface area (Å²) < 4.78 is 10.9. The van der Waals surface area contributed by atoms with Gasteiger partial charge in [0.1, 0.15) is 16.5 Å². The fourth-order valence-electron chi connectivity index (χ4n) is 3.94. The Morgan fingerprint density at radius 2 is 1.84 bits per heavy atom. The molecule has 0 saturated carbocycles. The van der Waals surface area contributed by atoms with E-state index in [1.807, 2.05) is 12.1 Å². The number of benzene rings is 2. The molecule has 1 aromatic heterocycles. The standard InChI is InChI=1S/C25H30N4O2S/c1-16(2)17-6-9-20(10-7-17)32-24-21-11-12-29(15-22(21)27-25(26)28-24)14-18-5-8-19(30-3)13-23(18)31-4/h5-10,13,16H,11-12,14-15H2,1-4H3,(H2,26,27,28). The lowest BCUT2D eigenvalue weighted by Crippen LogP contribution is -2.31. The molecule has 3 aromatic rings. The van der Waals surface area contributed by atoms with E-state index < -0.39 is 0 Å². The van der Waals surface area contributed by atoms with Crippen molar-refractivity contribution in [1.29, 1.82) is 0 Å². The number of ether oxygens (including phenoxy) is 2. The van der Waals surface area contributed by atoms with Crippen molar-refractivity contribution < 1.29 is 9.47 Å². The number of nitrogens with two attached hydrogens (primary N) is 1. The van der Waals surface area contributed by atoms with Crippen LogP contribution in [0, 0.1) is 0 Å². The normalized spacial score (nSPS) is 13.8. The van der Waals surface area contributed by atoms with Crippen LogP contribution in [0.5, 0.6) is 11.5 Å². The Balaban J connectivity index is 1.52. The van der Waals surface area contributed by atoms with Crippen LogP contribution in [0.15, 0.2) is 52.4 Å². The van der Waals surface area contributed by atoms with Gasteiger partial charge < -0.3 is 15.2 Å². The maximum atomic E-state index is 6.09. The highest BCUT2D eigenvalue weighted by Crippen LogP contribution is 2.34. The highest BCUT2D eigenvalue weighted by Gasteiger charge is 2.23. The Bertz CT molecular complexity index is 1090. The van der Waals surface area contributed by atoms with E-state index in [0.717, 1.165) is 53.8 Å². The van der Waals surface area contributed by atoms with Gasteiger partial charge in [0.05, 0.1) is 19.9 Å². The van der Waals surface area contributed by atoms with Crippen molar-refractivity contribution in [2.75, 3.05) is 26.5 Å². The second-order valence-corrected chi connectivity index (χ2v) is 9.34. The van der Waals surface area contributed by atoms with Gasteiger partial charge in [-0.3, -0.25) is 4.90 Å². The van der Waals surface area contributed by atoms with Crippen LogP contribution in [0.4, 0.5) is 5.95 Å². The Hall–Kier alpha value is -2.77. The average Bonchev–Trinajstić information content (AvgIpc) is 2.79. The molecule has 168 valence electrons. The van der Waals surface area contributed by atoms with Crippen LogP contribution in [0.25, 0.3) is 0 Å². The van der Waals surface area contributed by atoms with Gasteiger partial charge in [-0.15, -0.1) is 0 Å². The summed E-state index contributed by atoms with van der Waals surface area (Å²) in [7, 11) is 3.35. The van der Waals surface area contributed by atoms with E-state index in [2.05, 4.69) is 59.0 Å². The van der Waals surface area contributed by atoms with Crippen LogP contribution in [0.2, 0.25) is 0 Å². The lowest BCUT2D eigenvalue weighted by atomic mass is 10.0. The smallest absolute Gasteiger partial charge is 0.221 e. The van der Waals surface area contributed by atoms with Crippen molar-refractivity contribution in [3.05, 3.63) is 64.8 Å². The zero-order chi connectivity index (χ0) is 22.7. The van der Waals surface area contributed by atoms with Gasteiger partial charge >= 0.3 is 0 Å². The molecular weight excluding hydrogens is 420 g/mol. The van der Waals surface area contributed by atoms with Gasteiger partial charge in [0.25, 0.3) is 0 Å². The van der Waals surface area contributed by atoms with E-state index in [4.69, 9.17) is 15.2 Å². The van der Waals surface area contributed by atoms with E-state index in [0.29, 0.717) is 11.9 Å². The van der Waals surface area contributed by atoms with Gasteiger partial charge in [0.2, 0.25) is 5.95 Å². The van der Waals surface area contributed by atoms with Crippen LogP contribution in [0.3, 0.4) is 0 Å². The maximum absolute atomic E-state index is 6.09. The molecule has 32 heavy (non-hydrogen) atoms. The highest BCUT2D eigenvalue weighted by atomic mass is 32.2. The Kier molecular flexibility index (Phi) is 6.86. The van der Waals surface area contributed by atoms with Crippen LogP contribution in [-0.4, -0.2) is 35.6 Å². The first-order valence-corrected chi connectivity index (χ1v) is 11.6. The first kappa shape index (κ1) is 22.4. The van der Waals surface area contributed by atoms with E-state index in [9.17, 15) is 0 Å². The number of anilines is 1. The van der Waals surface area contributed by atoms with Crippen molar-refractivity contribution in [2.45, 2.75) is 49.2 Å². The van der Waals surface area contributed by atoms with Gasteiger partial charge in [-0.25, -0.2) is 9.97 Å². The van der Waals surface area contributed by atoms with Gasteiger partial charge in [0, 0.05) is 41.7 Å². The molecule has 1 aliphatic rings. The van der Waals surface area contributed by atoms with Crippen LogP contribution in [0.1, 0.15) is 42.1 Å². The molecule has 0 bridgehead atoms. The molecule has 4 rings (SSSR count). The molecule has 0 amide bonds. The Labute approximate surface area is 194 Å². The van der Waals surface area contributed by atoms with E-state index in [-0.39, 0.29) is 0 Å². The third-order valence-corrected chi connectivity index (χ3v) is 6.81. The van der Waals surface area contributed by atoms with Crippen molar-refractivity contribution in [1.82, 2.24) is 14.9 Å². The first-order chi connectivity index (χ1) is 15.5. The molecular formula is C25H30N4O2S. The predicted octanol–water partition coefficient (Wildman–Crippen LogP) is 4.91. The topological polar surface area (TPSA) is 73.5 Å². The fourth-order valence-corrected chi connectivity index (χ4v) is 4.92. The number of rotatable bonds is 7. The van der Waals surface area contributed by atoms with Crippen molar-refractivity contribution in [2.24, 2.45) is 0 Å². The van der Waals surface area contributed by atoms with Crippen LogP contribution < -0.4 is 15.2 Å². The predicted molar refractivity (Wildman–Crippen MR) is 128 cm³/mol.